The molecule has 1 saturated heterocycles. The summed E-state index contributed by atoms with van der Waals surface area (Å²) in [6.07, 6.45) is 1.38. The number of likely N-dealkylation sites (tertiary alicyclic amines) is 1. The van der Waals surface area contributed by atoms with Crippen molar-refractivity contribution >= 4 is 17.5 Å². The third kappa shape index (κ3) is 2.91. The SMILES string of the molecule is O=C(c1cn[nH]n1)N1CC(n2nc(-c3ccc(Cl)cc3)ccc2=O)C1. The molecule has 1 aliphatic rings. The molecule has 4 rings (SSSR count). The van der Waals surface area contributed by atoms with Crippen molar-refractivity contribution in [3.05, 3.63) is 63.7 Å². The van der Waals surface area contributed by atoms with Crippen LogP contribution in [0.25, 0.3) is 11.3 Å². The van der Waals surface area contributed by atoms with Crippen molar-refractivity contribution in [1.29, 1.82) is 0 Å². The molecule has 126 valence electrons. The molecule has 1 aromatic carbocycles. The largest absolute Gasteiger partial charge is 0.333 e. The van der Waals surface area contributed by atoms with Gasteiger partial charge in [-0.15, -0.1) is 0 Å². The highest BCUT2D eigenvalue weighted by Gasteiger charge is 2.34. The minimum atomic E-state index is -0.216. The molecule has 0 unspecified atom stereocenters. The van der Waals surface area contributed by atoms with Crippen LogP contribution in [0, 0.1) is 0 Å². The molecular weight excluding hydrogens is 344 g/mol. The molecule has 25 heavy (non-hydrogen) atoms. The van der Waals surface area contributed by atoms with E-state index in [4.69, 9.17) is 11.6 Å². The molecule has 1 N–H and O–H groups in total. The Hall–Kier alpha value is -3.00. The van der Waals surface area contributed by atoms with Crippen LogP contribution in [0.1, 0.15) is 16.5 Å². The van der Waals surface area contributed by atoms with Crippen molar-refractivity contribution in [2.45, 2.75) is 6.04 Å². The van der Waals surface area contributed by atoms with Crippen LogP contribution in [0.2, 0.25) is 5.02 Å². The highest BCUT2D eigenvalue weighted by atomic mass is 35.5. The Kier molecular flexibility index (Phi) is 3.81. The average Bonchev–Trinajstić information content (AvgIpc) is 3.10. The van der Waals surface area contributed by atoms with E-state index in [1.54, 1.807) is 23.1 Å². The number of nitrogens with one attached hydrogen (secondary N) is 1. The van der Waals surface area contributed by atoms with Crippen LogP contribution in [0.3, 0.4) is 0 Å². The van der Waals surface area contributed by atoms with Crippen molar-refractivity contribution < 1.29 is 4.79 Å². The summed E-state index contributed by atoms with van der Waals surface area (Å²) in [7, 11) is 0. The molecule has 1 fully saturated rings. The van der Waals surface area contributed by atoms with Crippen LogP contribution >= 0.6 is 11.6 Å². The van der Waals surface area contributed by atoms with E-state index in [-0.39, 0.29) is 23.2 Å². The number of hydrogen-bond acceptors (Lipinski definition) is 5. The summed E-state index contributed by atoms with van der Waals surface area (Å²) in [5.41, 5.74) is 1.61. The minimum absolute atomic E-state index is 0.157. The summed E-state index contributed by atoms with van der Waals surface area (Å²) in [5, 5.41) is 14.9. The first-order valence-electron chi connectivity index (χ1n) is 7.62. The van der Waals surface area contributed by atoms with Gasteiger partial charge in [0.15, 0.2) is 5.69 Å². The van der Waals surface area contributed by atoms with E-state index in [1.807, 2.05) is 12.1 Å². The normalized spacial score (nSPS) is 14.4. The molecule has 0 radical (unpaired) electrons. The number of rotatable bonds is 3. The molecule has 1 amide bonds. The molecule has 0 saturated carbocycles. The third-order valence-corrected chi connectivity index (χ3v) is 4.35. The van der Waals surface area contributed by atoms with Crippen molar-refractivity contribution in [2.75, 3.05) is 13.1 Å². The third-order valence-electron chi connectivity index (χ3n) is 4.09. The zero-order valence-corrected chi connectivity index (χ0v) is 13.7. The van der Waals surface area contributed by atoms with E-state index in [0.717, 1.165) is 5.56 Å². The Morgan fingerprint density at radius 3 is 2.60 bits per heavy atom. The maximum Gasteiger partial charge on any atom is 0.276 e. The minimum Gasteiger partial charge on any atom is -0.333 e. The summed E-state index contributed by atoms with van der Waals surface area (Å²) in [4.78, 5) is 25.9. The maximum atomic E-state index is 12.2. The van der Waals surface area contributed by atoms with Gasteiger partial charge in [0.1, 0.15) is 0 Å². The van der Waals surface area contributed by atoms with Crippen molar-refractivity contribution in [1.82, 2.24) is 30.1 Å². The van der Waals surface area contributed by atoms with E-state index in [0.29, 0.717) is 23.8 Å². The lowest BCUT2D eigenvalue weighted by Gasteiger charge is -2.38. The quantitative estimate of drug-likeness (QED) is 0.764. The van der Waals surface area contributed by atoms with Gasteiger partial charge in [-0.1, -0.05) is 23.7 Å². The van der Waals surface area contributed by atoms with Crippen LogP contribution in [0.5, 0.6) is 0 Å². The molecule has 3 aromatic rings. The average molecular weight is 357 g/mol. The number of carbonyl (C=O) groups is 1. The van der Waals surface area contributed by atoms with Gasteiger partial charge in [-0.2, -0.15) is 20.5 Å². The number of H-pyrrole nitrogens is 1. The van der Waals surface area contributed by atoms with E-state index >= 15 is 0 Å². The Balaban J connectivity index is 1.54. The fourth-order valence-corrected chi connectivity index (χ4v) is 2.83. The van der Waals surface area contributed by atoms with Crippen molar-refractivity contribution in [3.63, 3.8) is 0 Å². The van der Waals surface area contributed by atoms with E-state index in [9.17, 15) is 9.59 Å². The number of amides is 1. The predicted octanol–water partition coefficient (Wildman–Crippen LogP) is 1.38. The van der Waals surface area contributed by atoms with Gasteiger partial charge in [-0.25, -0.2) is 4.68 Å². The smallest absolute Gasteiger partial charge is 0.276 e. The molecule has 0 spiro atoms. The molecule has 8 nitrogen and oxygen atoms in total. The predicted molar refractivity (Wildman–Crippen MR) is 90.3 cm³/mol. The molecule has 3 heterocycles. The van der Waals surface area contributed by atoms with E-state index < -0.39 is 0 Å². The summed E-state index contributed by atoms with van der Waals surface area (Å²) in [6, 6.07) is 10.3. The molecule has 2 aromatic heterocycles. The Bertz CT molecular complexity index is 961. The van der Waals surface area contributed by atoms with Gasteiger partial charge in [0.2, 0.25) is 0 Å². The lowest BCUT2D eigenvalue weighted by molar-refractivity contribution is 0.0487. The van der Waals surface area contributed by atoms with Gasteiger partial charge in [0.05, 0.1) is 17.9 Å². The number of benzene rings is 1. The number of aromatic amines is 1. The van der Waals surface area contributed by atoms with Gasteiger partial charge in [-0.3, -0.25) is 9.59 Å². The molecule has 1 aliphatic heterocycles. The summed E-state index contributed by atoms with van der Waals surface area (Å²) >= 11 is 5.90. The number of nitrogens with zero attached hydrogens (tertiary/aromatic N) is 5. The lowest BCUT2D eigenvalue weighted by atomic mass is 10.1. The van der Waals surface area contributed by atoms with Gasteiger partial charge in [0, 0.05) is 29.7 Å². The van der Waals surface area contributed by atoms with Crippen LogP contribution in [-0.4, -0.2) is 49.1 Å². The zero-order valence-electron chi connectivity index (χ0n) is 13.0. The number of carbonyl (C=O) groups excluding carboxylic acids is 1. The number of halogens is 1. The number of hydrogen-bond donors (Lipinski definition) is 1. The van der Waals surface area contributed by atoms with Crippen molar-refractivity contribution in [2.24, 2.45) is 0 Å². The van der Waals surface area contributed by atoms with Crippen LogP contribution in [0.15, 0.2) is 47.4 Å². The topological polar surface area (TPSA) is 96.8 Å². The standard InChI is InChI=1S/C16H13ClN6O2/c17-11-3-1-10(2-4-11)13-5-6-15(24)23(20-13)12-8-22(9-12)16(25)14-7-18-21-19-14/h1-7,12H,8-9H2,(H,18,19,21). The fraction of sp³-hybridized carbons (Fsp3) is 0.188. The second-order valence-electron chi connectivity index (χ2n) is 5.73. The van der Waals surface area contributed by atoms with Gasteiger partial charge in [-0.05, 0) is 18.2 Å². The van der Waals surface area contributed by atoms with Gasteiger partial charge in [0.25, 0.3) is 11.5 Å². The summed E-state index contributed by atoms with van der Waals surface area (Å²) < 4.78 is 1.43. The Labute approximate surface area is 147 Å². The molecule has 0 aliphatic carbocycles. The monoisotopic (exact) mass is 356 g/mol. The first kappa shape index (κ1) is 15.5. The van der Waals surface area contributed by atoms with E-state index in [2.05, 4.69) is 20.5 Å². The second kappa shape index (κ2) is 6.14. The zero-order chi connectivity index (χ0) is 17.4. The van der Waals surface area contributed by atoms with E-state index in [1.165, 1.54) is 16.9 Å². The highest BCUT2D eigenvalue weighted by molar-refractivity contribution is 6.30. The second-order valence-corrected chi connectivity index (χ2v) is 6.16. The maximum absolute atomic E-state index is 12.2. The molecule has 0 atom stereocenters. The van der Waals surface area contributed by atoms with Crippen LogP contribution < -0.4 is 5.56 Å². The first-order chi connectivity index (χ1) is 12.1. The summed E-state index contributed by atoms with van der Waals surface area (Å²) in [6.45, 7) is 0.811. The Morgan fingerprint density at radius 1 is 1.16 bits per heavy atom. The highest BCUT2D eigenvalue weighted by Crippen LogP contribution is 2.23. The fourth-order valence-electron chi connectivity index (χ4n) is 2.70. The van der Waals surface area contributed by atoms with Crippen LogP contribution in [-0.2, 0) is 0 Å². The van der Waals surface area contributed by atoms with Crippen LogP contribution in [0.4, 0.5) is 0 Å². The summed E-state index contributed by atoms with van der Waals surface area (Å²) in [5.74, 6) is -0.216. The molecular formula is C16H13ClN6O2. The van der Waals surface area contributed by atoms with Gasteiger partial charge < -0.3 is 4.90 Å². The van der Waals surface area contributed by atoms with Crippen molar-refractivity contribution in [3.8, 4) is 11.3 Å². The molecule has 9 heteroatoms. The Morgan fingerprint density at radius 2 is 1.92 bits per heavy atom. The van der Waals surface area contributed by atoms with Gasteiger partial charge >= 0.3 is 0 Å². The number of aromatic nitrogens is 5. The molecule has 0 bridgehead atoms. The first-order valence-corrected chi connectivity index (χ1v) is 8.00. The lowest BCUT2D eigenvalue weighted by Crippen LogP contribution is -2.53.